The largest absolute Gasteiger partial charge is 0.496 e. The molecule has 0 atom stereocenters. The van der Waals surface area contributed by atoms with E-state index in [1.165, 1.54) is 12.1 Å². The van der Waals surface area contributed by atoms with Crippen LogP contribution in [0.25, 0.3) is 12.2 Å². The SMILES string of the molecule is COc1ccccc1/C=C/c1ccc(C(=O)O)c(NC(=O)c2ccc(C(F)(F)F)cc2)c1. The molecule has 0 radical (unpaired) electrons. The highest BCUT2D eigenvalue weighted by Gasteiger charge is 2.30. The molecule has 0 fully saturated rings. The molecule has 3 aromatic rings. The Morgan fingerprint density at radius 1 is 0.969 bits per heavy atom. The van der Waals surface area contributed by atoms with E-state index in [1.807, 2.05) is 18.2 Å². The number of para-hydroxylation sites is 1. The lowest BCUT2D eigenvalue weighted by Gasteiger charge is -2.11. The second kappa shape index (κ2) is 9.38. The van der Waals surface area contributed by atoms with Crippen LogP contribution in [0.2, 0.25) is 0 Å². The molecule has 164 valence electrons. The molecule has 0 bridgehead atoms. The number of carbonyl (C=O) groups excluding carboxylic acids is 1. The molecule has 0 aliphatic carbocycles. The number of amides is 1. The minimum atomic E-state index is -4.52. The number of aromatic carboxylic acids is 1. The van der Waals surface area contributed by atoms with E-state index in [4.69, 9.17) is 4.74 Å². The lowest BCUT2D eigenvalue weighted by molar-refractivity contribution is -0.137. The summed E-state index contributed by atoms with van der Waals surface area (Å²) in [5, 5.41) is 11.9. The third-order valence-electron chi connectivity index (χ3n) is 4.59. The van der Waals surface area contributed by atoms with Crippen molar-refractivity contribution in [3.05, 3.63) is 94.5 Å². The summed E-state index contributed by atoms with van der Waals surface area (Å²) in [6, 6.07) is 15.3. The van der Waals surface area contributed by atoms with Crippen molar-refractivity contribution in [1.29, 1.82) is 0 Å². The first-order valence-electron chi connectivity index (χ1n) is 9.36. The third-order valence-corrected chi connectivity index (χ3v) is 4.59. The zero-order valence-corrected chi connectivity index (χ0v) is 16.8. The molecule has 0 saturated heterocycles. The second-order valence-electron chi connectivity index (χ2n) is 6.71. The van der Waals surface area contributed by atoms with Crippen molar-refractivity contribution in [2.45, 2.75) is 6.18 Å². The number of anilines is 1. The number of nitrogens with one attached hydrogen (secondary N) is 1. The molecule has 0 aliphatic heterocycles. The Hall–Kier alpha value is -4.07. The van der Waals surface area contributed by atoms with Gasteiger partial charge in [-0.2, -0.15) is 13.2 Å². The van der Waals surface area contributed by atoms with Gasteiger partial charge in [0.15, 0.2) is 0 Å². The fraction of sp³-hybridized carbons (Fsp3) is 0.0833. The molecule has 2 N–H and O–H groups in total. The number of carboxylic acids is 1. The van der Waals surface area contributed by atoms with Gasteiger partial charge in [-0.3, -0.25) is 4.79 Å². The topological polar surface area (TPSA) is 75.6 Å². The van der Waals surface area contributed by atoms with Gasteiger partial charge in [-0.05, 0) is 48.0 Å². The number of carboxylic acid groups (broad SMARTS) is 1. The molecular formula is C24H18F3NO4. The van der Waals surface area contributed by atoms with Crippen molar-refractivity contribution >= 4 is 29.7 Å². The Kier molecular flexibility index (Phi) is 6.63. The number of rotatable bonds is 6. The summed E-state index contributed by atoms with van der Waals surface area (Å²) in [6.45, 7) is 0. The van der Waals surface area contributed by atoms with Gasteiger partial charge in [0.2, 0.25) is 0 Å². The predicted octanol–water partition coefficient (Wildman–Crippen LogP) is 5.83. The van der Waals surface area contributed by atoms with Crippen molar-refractivity contribution in [3.63, 3.8) is 0 Å². The Morgan fingerprint density at radius 3 is 2.28 bits per heavy atom. The summed E-state index contributed by atoms with van der Waals surface area (Å²) in [7, 11) is 1.54. The van der Waals surface area contributed by atoms with E-state index in [9.17, 15) is 27.9 Å². The molecule has 0 heterocycles. The lowest BCUT2D eigenvalue weighted by Crippen LogP contribution is -2.15. The Morgan fingerprint density at radius 2 is 1.66 bits per heavy atom. The van der Waals surface area contributed by atoms with E-state index in [-0.39, 0.29) is 16.8 Å². The zero-order valence-electron chi connectivity index (χ0n) is 16.8. The average molecular weight is 441 g/mol. The summed E-state index contributed by atoms with van der Waals surface area (Å²) < 4.78 is 43.4. The summed E-state index contributed by atoms with van der Waals surface area (Å²) in [4.78, 5) is 24.1. The normalized spacial score (nSPS) is 11.4. The number of methoxy groups -OCH3 is 1. The number of hydrogen-bond acceptors (Lipinski definition) is 3. The predicted molar refractivity (Wildman–Crippen MR) is 115 cm³/mol. The molecule has 0 aliphatic rings. The summed E-state index contributed by atoms with van der Waals surface area (Å²) in [5.41, 5.74) is 0.341. The molecule has 3 rings (SSSR count). The first-order valence-corrected chi connectivity index (χ1v) is 9.36. The standard InChI is InChI=1S/C24H18F3NO4/c1-32-21-5-3-2-4-16(21)8-6-15-7-13-19(23(30)31)20(14-15)28-22(29)17-9-11-18(12-10-17)24(25,26)27/h2-14H,1H3,(H,28,29)(H,30,31)/b8-6+. The lowest BCUT2D eigenvalue weighted by atomic mass is 10.1. The highest BCUT2D eigenvalue weighted by molar-refractivity contribution is 6.08. The molecule has 3 aromatic carbocycles. The Bertz CT molecular complexity index is 1170. The molecular weight excluding hydrogens is 423 g/mol. The molecule has 0 unspecified atom stereocenters. The molecule has 1 amide bonds. The summed E-state index contributed by atoms with van der Waals surface area (Å²) >= 11 is 0. The van der Waals surface area contributed by atoms with E-state index in [2.05, 4.69) is 5.32 Å². The van der Waals surface area contributed by atoms with Crippen LogP contribution in [0.4, 0.5) is 18.9 Å². The van der Waals surface area contributed by atoms with Gasteiger partial charge in [0.25, 0.3) is 5.91 Å². The van der Waals surface area contributed by atoms with Crippen LogP contribution in [-0.4, -0.2) is 24.1 Å². The van der Waals surface area contributed by atoms with E-state index in [1.54, 1.807) is 31.4 Å². The highest BCUT2D eigenvalue weighted by atomic mass is 19.4. The number of alkyl halides is 3. The van der Waals surface area contributed by atoms with Crippen LogP contribution in [0.5, 0.6) is 5.75 Å². The van der Waals surface area contributed by atoms with Crippen LogP contribution < -0.4 is 10.1 Å². The van der Waals surface area contributed by atoms with Crippen molar-refractivity contribution in [3.8, 4) is 5.75 Å². The van der Waals surface area contributed by atoms with Crippen LogP contribution in [-0.2, 0) is 6.18 Å². The van der Waals surface area contributed by atoms with Crippen molar-refractivity contribution < 1.29 is 32.6 Å². The van der Waals surface area contributed by atoms with Crippen LogP contribution in [0.15, 0.2) is 66.7 Å². The zero-order chi connectivity index (χ0) is 23.3. The molecule has 0 aromatic heterocycles. The van der Waals surface area contributed by atoms with Gasteiger partial charge in [-0.25, -0.2) is 4.79 Å². The first-order chi connectivity index (χ1) is 15.2. The first kappa shape index (κ1) is 22.6. The van der Waals surface area contributed by atoms with E-state index in [0.29, 0.717) is 11.3 Å². The van der Waals surface area contributed by atoms with E-state index >= 15 is 0 Å². The van der Waals surface area contributed by atoms with Gasteiger partial charge in [0, 0.05) is 11.1 Å². The van der Waals surface area contributed by atoms with Crippen molar-refractivity contribution in [1.82, 2.24) is 0 Å². The molecule has 32 heavy (non-hydrogen) atoms. The fourth-order valence-electron chi connectivity index (χ4n) is 2.95. The maximum absolute atomic E-state index is 12.7. The van der Waals surface area contributed by atoms with Gasteiger partial charge in [0.05, 0.1) is 23.9 Å². The van der Waals surface area contributed by atoms with Crippen LogP contribution in [0.1, 0.15) is 37.4 Å². The second-order valence-corrected chi connectivity index (χ2v) is 6.71. The van der Waals surface area contributed by atoms with Gasteiger partial charge >= 0.3 is 12.1 Å². The summed E-state index contributed by atoms with van der Waals surface area (Å²) in [5.74, 6) is -1.33. The average Bonchev–Trinajstić information content (AvgIpc) is 2.77. The third kappa shape index (κ3) is 5.34. The monoisotopic (exact) mass is 441 g/mol. The van der Waals surface area contributed by atoms with E-state index in [0.717, 1.165) is 29.8 Å². The minimum Gasteiger partial charge on any atom is -0.496 e. The van der Waals surface area contributed by atoms with Gasteiger partial charge in [-0.1, -0.05) is 36.4 Å². The van der Waals surface area contributed by atoms with Gasteiger partial charge in [0.1, 0.15) is 5.75 Å². The van der Waals surface area contributed by atoms with Crippen LogP contribution >= 0.6 is 0 Å². The maximum atomic E-state index is 12.7. The number of carbonyl (C=O) groups is 2. The quantitative estimate of drug-likeness (QED) is 0.472. The number of ether oxygens (including phenoxy) is 1. The molecule has 8 heteroatoms. The van der Waals surface area contributed by atoms with Gasteiger partial charge in [-0.15, -0.1) is 0 Å². The van der Waals surface area contributed by atoms with Crippen molar-refractivity contribution in [2.75, 3.05) is 12.4 Å². The smallest absolute Gasteiger partial charge is 0.416 e. The molecule has 5 nitrogen and oxygen atoms in total. The highest BCUT2D eigenvalue weighted by Crippen LogP contribution is 2.29. The number of benzene rings is 3. The van der Waals surface area contributed by atoms with Crippen molar-refractivity contribution in [2.24, 2.45) is 0 Å². The summed E-state index contributed by atoms with van der Waals surface area (Å²) in [6.07, 6.45) is -1.03. The maximum Gasteiger partial charge on any atom is 0.416 e. The molecule has 0 saturated carbocycles. The minimum absolute atomic E-state index is 0.0181. The molecule has 0 spiro atoms. The number of halogens is 3. The van der Waals surface area contributed by atoms with Crippen LogP contribution in [0.3, 0.4) is 0 Å². The number of hydrogen-bond donors (Lipinski definition) is 2. The van der Waals surface area contributed by atoms with Gasteiger partial charge < -0.3 is 15.2 Å². The fourth-order valence-corrected chi connectivity index (χ4v) is 2.95. The Labute approximate surface area is 181 Å². The van der Waals surface area contributed by atoms with Crippen LogP contribution in [0, 0.1) is 0 Å². The Balaban J connectivity index is 1.87. The van der Waals surface area contributed by atoms with E-state index < -0.39 is 23.6 Å².